The van der Waals surface area contributed by atoms with Crippen LogP contribution in [0.25, 0.3) is 5.65 Å². The molecule has 0 saturated heterocycles. The maximum atomic E-state index is 11.6. The first kappa shape index (κ1) is 8.99. The Balaban J connectivity index is 2.82. The third kappa shape index (κ3) is 1.23. The zero-order valence-electron chi connectivity index (χ0n) is 8.53. The Morgan fingerprint density at radius 1 is 1.50 bits per heavy atom. The standard InChI is InChI=1S/C10H13N3O/c1-6(2)8-4-9(14)13-10(12-8)7(3)5-11-13/h4-6,11H,1-3H3. The minimum absolute atomic E-state index is 0.0493. The maximum Gasteiger partial charge on any atom is 0.272 e. The fraction of sp³-hybridized carbons (Fsp3) is 0.400. The fourth-order valence-corrected chi connectivity index (χ4v) is 1.41. The molecule has 0 aliphatic heterocycles. The van der Waals surface area contributed by atoms with Crippen LogP contribution in [0.1, 0.15) is 31.0 Å². The summed E-state index contributed by atoms with van der Waals surface area (Å²) in [7, 11) is 0. The van der Waals surface area contributed by atoms with Gasteiger partial charge in [-0.25, -0.2) is 9.50 Å². The maximum absolute atomic E-state index is 11.6. The van der Waals surface area contributed by atoms with Crippen LogP contribution in [0.3, 0.4) is 0 Å². The monoisotopic (exact) mass is 191 g/mol. The second-order valence-corrected chi connectivity index (χ2v) is 3.79. The molecule has 2 aromatic rings. The highest BCUT2D eigenvalue weighted by Gasteiger charge is 2.07. The third-order valence-electron chi connectivity index (χ3n) is 2.29. The van der Waals surface area contributed by atoms with Crippen molar-refractivity contribution < 1.29 is 0 Å². The molecule has 0 aliphatic carbocycles. The molecule has 4 heteroatoms. The van der Waals surface area contributed by atoms with Gasteiger partial charge in [-0.05, 0) is 12.8 Å². The van der Waals surface area contributed by atoms with Crippen molar-refractivity contribution in [3.05, 3.63) is 33.9 Å². The van der Waals surface area contributed by atoms with E-state index in [1.807, 2.05) is 20.8 Å². The predicted molar refractivity (Wildman–Crippen MR) is 54.6 cm³/mol. The van der Waals surface area contributed by atoms with Crippen molar-refractivity contribution >= 4 is 5.65 Å². The summed E-state index contributed by atoms with van der Waals surface area (Å²) >= 11 is 0. The van der Waals surface area contributed by atoms with E-state index < -0.39 is 0 Å². The van der Waals surface area contributed by atoms with Gasteiger partial charge in [-0.3, -0.25) is 9.89 Å². The van der Waals surface area contributed by atoms with E-state index in [2.05, 4.69) is 10.1 Å². The van der Waals surface area contributed by atoms with Crippen molar-refractivity contribution in [2.45, 2.75) is 26.7 Å². The molecular weight excluding hydrogens is 178 g/mol. The molecule has 2 rings (SSSR count). The molecule has 2 heterocycles. The molecule has 0 radical (unpaired) electrons. The van der Waals surface area contributed by atoms with Crippen LogP contribution in [0.4, 0.5) is 0 Å². The van der Waals surface area contributed by atoms with Gasteiger partial charge in [0.25, 0.3) is 5.56 Å². The van der Waals surface area contributed by atoms with Gasteiger partial charge in [-0.2, -0.15) is 0 Å². The van der Waals surface area contributed by atoms with E-state index in [-0.39, 0.29) is 11.5 Å². The summed E-state index contributed by atoms with van der Waals surface area (Å²) in [5.41, 5.74) is 2.51. The summed E-state index contributed by atoms with van der Waals surface area (Å²) in [5.74, 6) is 0.280. The van der Waals surface area contributed by atoms with Crippen LogP contribution < -0.4 is 5.56 Å². The fourth-order valence-electron chi connectivity index (χ4n) is 1.41. The summed E-state index contributed by atoms with van der Waals surface area (Å²) in [6, 6.07) is 1.58. The van der Waals surface area contributed by atoms with E-state index in [4.69, 9.17) is 0 Å². The Kier molecular flexibility index (Phi) is 1.91. The van der Waals surface area contributed by atoms with E-state index in [9.17, 15) is 4.79 Å². The van der Waals surface area contributed by atoms with E-state index in [0.717, 1.165) is 16.9 Å². The predicted octanol–water partition coefficient (Wildman–Crippen LogP) is 1.45. The van der Waals surface area contributed by atoms with Crippen molar-refractivity contribution in [3.8, 4) is 0 Å². The second-order valence-electron chi connectivity index (χ2n) is 3.79. The van der Waals surface area contributed by atoms with Gasteiger partial charge in [0.05, 0.1) is 5.69 Å². The number of fused-ring (bicyclic) bond motifs is 1. The Hall–Kier alpha value is -1.58. The highest BCUT2D eigenvalue weighted by Crippen LogP contribution is 2.11. The number of hydrogen-bond acceptors (Lipinski definition) is 2. The van der Waals surface area contributed by atoms with Gasteiger partial charge in [-0.15, -0.1) is 0 Å². The smallest absolute Gasteiger partial charge is 0.272 e. The number of nitrogens with one attached hydrogen (secondary N) is 1. The zero-order chi connectivity index (χ0) is 10.3. The van der Waals surface area contributed by atoms with Crippen molar-refractivity contribution in [2.75, 3.05) is 0 Å². The molecule has 2 aromatic heterocycles. The number of aromatic amines is 1. The number of H-pyrrole nitrogens is 1. The molecule has 1 N–H and O–H groups in total. The lowest BCUT2D eigenvalue weighted by Crippen LogP contribution is -2.16. The lowest BCUT2D eigenvalue weighted by molar-refractivity contribution is 0.796. The van der Waals surface area contributed by atoms with Crippen LogP contribution in [-0.2, 0) is 0 Å². The van der Waals surface area contributed by atoms with Crippen LogP contribution in [0, 0.1) is 6.92 Å². The van der Waals surface area contributed by atoms with Crippen LogP contribution >= 0.6 is 0 Å². The third-order valence-corrected chi connectivity index (χ3v) is 2.29. The Bertz CT molecular complexity index is 522. The lowest BCUT2D eigenvalue weighted by atomic mass is 10.1. The Morgan fingerprint density at radius 2 is 2.21 bits per heavy atom. The summed E-state index contributed by atoms with van der Waals surface area (Å²) in [5, 5.41) is 2.86. The summed E-state index contributed by atoms with van der Waals surface area (Å²) < 4.78 is 1.46. The molecule has 0 spiro atoms. The SMILES string of the molecule is Cc1c[nH]n2c(=O)cc(C(C)C)nc12. The molecule has 0 fully saturated rings. The normalized spacial score (nSPS) is 11.4. The molecular formula is C10H13N3O. The van der Waals surface area contributed by atoms with E-state index in [1.54, 1.807) is 12.3 Å². The van der Waals surface area contributed by atoms with Crippen molar-refractivity contribution in [1.29, 1.82) is 0 Å². The van der Waals surface area contributed by atoms with Gasteiger partial charge in [-0.1, -0.05) is 13.8 Å². The number of aromatic nitrogens is 3. The molecule has 0 saturated carbocycles. The van der Waals surface area contributed by atoms with Gasteiger partial charge < -0.3 is 0 Å². The first-order valence-electron chi connectivity index (χ1n) is 4.67. The van der Waals surface area contributed by atoms with E-state index >= 15 is 0 Å². The second kappa shape index (κ2) is 2.97. The Morgan fingerprint density at radius 3 is 2.86 bits per heavy atom. The molecule has 0 amide bonds. The summed E-state index contributed by atoms with van der Waals surface area (Å²) in [4.78, 5) is 16.0. The number of nitrogens with zero attached hydrogens (tertiary/aromatic N) is 2. The minimum Gasteiger partial charge on any atom is -0.297 e. The van der Waals surface area contributed by atoms with Crippen molar-refractivity contribution in [2.24, 2.45) is 0 Å². The molecule has 0 bridgehead atoms. The lowest BCUT2D eigenvalue weighted by Gasteiger charge is -2.03. The van der Waals surface area contributed by atoms with Gasteiger partial charge in [0, 0.05) is 17.8 Å². The Labute approximate surface area is 81.6 Å². The van der Waals surface area contributed by atoms with Gasteiger partial charge in [0.15, 0.2) is 5.65 Å². The van der Waals surface area contributed by atoms with Gasteiger partial charge >= 0.3 is 0 Å². The minimum atomic E-state index is -0.0493. The molecule has 4 nitrogen and oxygen atoms in total. The van der Waals surface area contributed by atoms with Crippen LogP contribution in [-0.4, -0.2) is 14.6 Å². The van der Waals surface area contributed by atoms with Crippen LogP contribution in [0.15, 0.2) is 17.1 Å². The van der Waals surface area contributed by atoms with E-state index in [1.165, 1.54) is 4.52 Å². The molecule has 0 atom stereocenters. The number of rotatable bonds is 1. The molecule has 14 heavy (non-hydrogen) atoms. The van der Waals surface area contributed by atoms with Gasteiger partial charge in [0.2, 0.25) is 0 Å². The average molecular weight is 191 g/mol. The molecule has 0 aliphatic rings. The largest absolute Gasteiger partial charge is 0.297 e. The first-order chi connectivity index (χ1) is 6.59. The highest BCUT2D eigenvalue weighted by atomic mass is 16.1. The van der Waals surface area contributed by atoms with Crippen molar-refractivity contribution in [3.63, 3.8) is 0 Å². The number of hydrogen-bond donors (Lipinski definition) is 1. The first-order valence-corrected chi connectivity index (χ1v) is 4.67. The summed E-state index contributed by atoms with van der Waals surface area (Å²) in [6.45, 7) is 5.99. The average Bonchev–Trinajstić information content (AvgIpc) is 2.48. The van der Waals surface area contributed by atoms with Gasteiger partial charge in [0.1, 0.15) is 0 Å². The topological polar surface area (TPSA) is 50.2 Å². The highest BCUT2D eigenvalue weighted by molar-refractivity contribution is 5.45. The van der Waals surface area contributed by atoms with Crippen LogP contribution in [0.2, 0.25) is 0 Å². The van der Waals surface area contributed by atoms with E-state index in [0.29, 0.717) is 0 Å². The van der Waals surface area contributed by atoms with Crippen molar-refractivity contribution in [1.82, 2.24) is 14.6 Å². The summed E-state index contributed by atoms with van der Waals surface area (Å²) in [6.07, 6.45) is 1.79. The molecule has 74 valence electrons. The molecule has 0 aromatic carbocycles. The molecule has 0 unspecified atom stereocenters. The zero-order valence-corrected chi connectivity index (χ0v) is 8.53. The number of aryl methyl sites for hydroxylation is 1. The quantitative estimate of drug-likeness (QED) is 0.741. The van der Waals surface area contributed by atoms with Crippen LogP contribution in [0.5, 0.6) is 0 Å².